The second-order valence-electron chi connectivity index (χ2n) is 7.37. The van der Waals surface area contributed by atoms with Crippen molar-refractivity contribution in [2.75, 3.05) is 7.11 Å². The summed E-state index contributed by atoms with van der Waals surface area (Å²) in [5.41, 5.74) is 4.24. The smallest absolute Gasteiger partial charge is 0.139 e. The highest BCUT2D eigenvalue weighted by Gasteiger charge is 2.29. The van der Waals surface area contributed by atoms with Gasteiger partial charge in [-0.05, 0) is 51.1 Å². The number of aryl methyl sites for hydroxylation is 1. The number of ether oxygens (including phenoxy) is 1. The number of hydrogen-bond donors (Lipinski definition) is 2. The first-order valence-electron chi connectivity index (χ1n) is 9.24. The molecule has 144 valence electrons. The molecule has 0 saturated heterocycles. The van der Waals surface area contributed by atoms with Crippen LogP contribution in [0.25, 0.3) is 16.7 Å². The third-order valence-electron chi connectivity index (χ3n) is 5.14. The van der Waals surface area contributed by atoms with Gasteiger partial charge in [0.2, 0.25) is 0 Å². The molecule has 2 N–H and O–H groups in total. The summed E-state index contributed by atoms with van der Waals surface area (Å²) in [6.45, 7) is 5.68. The Morgan fingerprint density at radius 3 is 2.68 bits per heavy atom. The number of nitrogens with zero attached hydrogens (tertiary/aromatic N) is 3. The van der Waals surface area contributed by atoms with Crippen molar-refractivity contribution in [2.24, 2.45) is 0 Å². The van der Waals surface area contributed by atoms with E-state index < -0.39 is 5.60 Å². The van der Waals surface area contributed by atoms with Crippen molar-refractivity contribution in [1.29, 1.82) is 0 Å². The van der Waals surface area contributed by atoms with E-state index in [1.165, 1.54) is 0 Å². The van der Waals surface area contributed by atoms with Crippen LogP contribution in [0.4, 0.5) is 0 Å². The van der Waals surface area contributed by atoms with E-state index in [1.807, 2.05) is 61.1 Å². The normalized spacial score (nSPS) is 13.6. The highest BCUT2D eigenvalue weighted by atomic mass is 16.5. The number of aliphatic hydroxyl groups is 1. The molecular weight excluding hydrogens is 352 g/mol. The molecule has 4 aromatic rings. The maximum absolute atomic E-state index is 11.2. The van der Waals surface area contributed by atoms with Gasteiger partial charge in [-0.3, -0.25) is 4.98 Å². The Kier molecular flexibility index (Phi) is 4.43. The minimum atomic E-state index is -1.19. The minimum absolute atomic E-state index is 0.333. The maximum Gasteiger partial charge on any atom is 0.139 e. The van der Waals surface area contributed by atoms with Gasteiger partial charge < -0.3 is 19.4 Å². The third kappa shape index (κ3) is 3.16. The molecule has 0 amide bonds. The van der Waals surface area contributed by atoms with E-state index in [-0.39, 0.29) is 0 Å². The van der Waals surface area contributed by atoms with Crippen LogP contribution in [0, 0.1) is 13.8 Å². The number of methoxy groups -OCH3 is 1. The van der Waals surface area contributed by atoms with Gasteiger partial charge in [-0.1, -0.05) is 0 Å². The van der Waals surface area contributed by atoms with E-state index in [4.69, 9.17) is 4.74 Å². The van der Waals surface area contributed by atoms with Crippen molar-refractivity contribution in [3.8, 4) is 11.4 Å². The summed E-state index contributed by atoms with van der Waals surface area (Å²) in [5.74, 6) is 1.33. The van der Waals surface area contributed by atoms with Gasteiger partial charge in [0.15, 0.2) is 0 Å². The predicted molar refractivity (Wildman–Crippen MR) is 109 cm³/mol. The molecule has 0 aliphatic heterocycles. The van der Waals surface area contributed by atoms with E-state index in [2.05, 4.69) is 15.0 Å². The van der Waals surface area contributed by atoms with Crippen LogP contribution in [0.1, 0.15) is 29.6 Å². The van der Waals surface area contributed by atoms with Crippen LogP contribution in [0.15, 0.2) is 48.9 Å². The van der Waals surface area contributed by atoms with Gasteiger partial charge in [0.25, 0.3) is 0 Å². The first-order chi connectivity index (χ1) is 13.4. The molecule has 3 heterocycles. The van der Waals surface area contributed by atoms with Crippen LogP contribution in [-0.4, -0.2) is 31.7 Å². The van der Waals surface area contributed by atoms with Gasteiger partial charge in [0.05, 0.1) is 23.8 Å². The van der Waals surface area contributed by atoms with Crippen LogP contribution in [-0.2, 0) is 12.0 Å². The summed E-state index contributed by atoms with van der Waals surface area (Å²) >= 11 is 0. The van der Waals surface area contributed by atoms with Gasteiger partial charge in [-0.25, -0.2) is 4.98 Å². The highest BCUT2D eigenvalue weighted by molar-refractivity contribution is 5.77. The zero-order valence-corrected chi connectivity index (χ0v) is 16.5. The molecule has 0 bridgehead atoms. The van der Waals surface area contributed by atoms with Crippen molar-refractivity contribution >= 4 is 11.0 Å². The van der Waals surface area contributed by atoms with Crippen molar-refractivity contribution < 1.29 is 9.84 Å². The Morgan fingerprint density at radius 1 is 1.21 bits per heavy atom. The summed E-state index contributed by atoms with van der Waals surface area (Å²) in [6, 6.07) is 9.97. The molecular formula is C22H24N4O2. The molecule has 1 atom stereocenters. The molecule has 0 fully saturated rings. The van der Waals surface area contributed by atoms with Crippen LogP contribution in [0.2, 0.25) is 0 Å². The molecule has 4 rings (SSSR count). The quantitative estimate of drug-likeness (QED) is 0.555. The number of H-pyrrole nitrogens is 1. The summed E-state index contributed by atoms with van der Waals surface area (Å²) in [7, 11) is 1.65. The summed E-state index contributed by atoms with van der Waals surface area (Å²) in [4.78, 5) is 12.4. The number of hydrogen-bond acceptors (Lipinski definition) is 4. The molecule has 0 aliphatic rings. The fraction of sp³-hybridized carbons (Fsp3) is 0.273. The maximum atomic E-state index is 11.2. The molecule has 1 unspecified atom stereocenters. The number of benzene rings is 1. The number of nitrogens with one attached hydrogen (secondary N) is 1. The molecule has 3 aromatic heterocycles. The van der Waals surface area contributed by atoms with Crippen molar-refractivity contribution in [3.63, 3.8) is 0 Å². The Morgan fingerprint density at radius 2 is 1.96 bits per heavy atom. The first kappa shape index (κ1) is 18.3. The SMILES string of the molecule is COc1c(C)cnc(CC(C)(O)c2nc3cc(-n4cccc4)ccc3[nH]2)c1C. The van der Waals surface area contributed by atoms with Gasteiger partial charge in [-0.2, -0.15) is 0 Å². The zero-order chi connectivity index (χ0) is 19.9. The number of aromatic amines is 1. The molecule has 0 radical (unpaired) electrons. The van der Waals surface area contributed by atoms with E-state index in [0.29, 0.717) is 12.2 Å². The van der Waals surface area contributed by atoms with Gasteiger partial charge in [0.1, 0.15) is 17.2 Å². The first-order valence-corrected chi connectivity index (χ1v) is 9.24. The number of aromatic nitrogens is 4. The Balaban J connectivity index is 1.68. The van der Waals surface area contributed by atoms with E-state index in [1.54, 1.807) is 20.2 Å². The molecule has 6 heteroatoms. The van der Waals surface area contributed by atoms with Gasteiger partial charge >= 0.3 is 0 Å². The van der Waals surface area contributed by atoms with Crippen LogP contribution < -0.4 is 4.74 Å². The molecule has 6 nitrogen and oxygen atoms in total. The lowest BCUT2D eigenvalue weighted by atomic mass is 9.96. The largest absolute Gasteiger partial charge is 0.496 e. The second-order valence-corrected chi connectivity index (χ2v) is 7.37. The van der Waals surface area contributed by atoms with Crippen molar-refractivity contribution in [3.05, 3.63) is 71.6 Å². The number of imidazole rings is 1. The Bertz CT molecular complexity index is 1130. The lowest BCUT2D eigenvalue weighted by Crippen LogP contribution is -2.27. The van der Waals surface area contributed by atoms with E-state index >= 15 is 0 Å². The number of fused-ring (bicyclic) bond motifs is 1. The summed E-state index contributed by atoms with van der Waals surface area (Å²) < 4.78 is 7.51. The van der Waals surface area contributed by atoms with Crippen LogP contribution >= 0.6 is 0 Å². The van der Waals surface area contributed by atoms with Crippen LogP contribution in [0.3, 0.4) is 0 Å². The molecule has 28 heavy (non-hydrogen) atoms. The van der Waals surface area contributed by atoms with E-state index in [9.17, 15) is 5.11 Å². The average Bonchev–Trinajstić information content (AvgIpc) is 3.33. The topological polar surface area (TPSA) is 76.0 Å². The standard InChI is InChI=1S/C22H24N4O2/c1-14-13-23-19(15(2)20(14)28-4)12-22(3,27)21-24-17-8-7-16(11-18(17)25-21)26-9-5-6-10-26/h5-11,13,27H,12H2,1-4H3,(H,24,25). The van der Waals surface area contributed by atoms with Crippen LogP contribution in [0.5, 0.6) is 5.75 Å². The van der Waals surface area contributed by atoms with Gasteiger partial charge in [0, 0.05) is 41.8 Å². The summed E-state index contributed by atoms with van der Waals surface area (Å²) in [6.07, 6.45) is 6.09. The molecule has 0 aliphatic carbocycles. The Hall–Kier alpha value is -3.12. The molecule has 0 spiro atoms. The fourth-order valence-electron chi connectivity index (χ4n) is 3.58. The Labute approximate surface area is 163 Å². The monoisotopic (exact) mass is 376 g/mol. The average molecular weight is 376 g/mol. The second kappa shape index (κ2) is 6.80. The number of rotatable bonds is 5. The lowest BCUT2D eigenvalue weighted by Gasteiger charge is -2.22. The fourth-order valence-corrected chi connectivity index (χ4v) is 3.58. The summed E-state index contributed by atoms with van der Waals surface area (Å²) in [5, 5.41) is 11.2. The minimum Gasteiger partial charge on any atom is -0.496 e. The number of pyridine rings is 1. The molecule has 0 saturated carbocycles. The zero-order valence-electron chi connectivity index (χ0n) is 16.5. The highest BCUT2D eigenvalue weighted by Crippen LogP contribution is 2.30. The van der Waals surface area contributed by atoms with Crippen molar-refractivity contribution in [2.45, 2.75) is 32.8 Å². The van der Waals surface area contributed by atoms with Gasteiger partial charge in [-0.15, -0.1) is 0 Å². The van der Waals surface area contributed by atoms with E-state index in [0.717, 1.165) is 39.3 Å². The molecule has 1 aromatic carbocycles. The van der Waals surface area contributed by atoms with Crippen molar-refractivity contribution in [1.82, 2.24) is 19.5 Å². The lowest BCUT2D eigenvalue weighted by molar-refractivity contribution is 0.0480. The third-order valence-corrected chi connectivity index (χ3v) is 5.14. The predicted octanol–water partition coefficient (Wildman–Crippen LogP) is 3.82.